The molecule has 1 aromatic rings. The van der Waals surface area contributed by atoms with E-state index < -0.39 is 23.7 Å². The molecule has 7 heteroatoms. The molecule has 0 heterocycles. The Balaban J connectivity index is 3.24. The van der Waals surface area contributed by atoms with E-state index in [9.17, 15) is 22.4 Å². The Bertz CT molecular complexity index is 434. The van der Waals surface area contributed by atoms with Crippen molar-refractivity contribution < 1.29 is 27.1 Å². The first kappa shape index (κ1) is 13.8. The van der Waals surface area contributed by atoms with Crippen molar-refractivity contribution in [2.45, 2.75) is 12.3 Å². The molecule has 0 bridgehead atoms. The van der Waals surface area contributed by atoms with Crippen molar-refractivity contribution in [1.29, 1.82) is 0 Å². The van der Waals surface area contributed by atoms with Crippen molar-refractivity contribution >= 4 is 17.4 Å². The Kier molecular flexibility index (Phi) is 3.98. The summed E-state index contributed by atoms with van der Waals surface area (Å²) in [4.78, 5) is 11.3. The summed E-state index contributed by atoms with van der Waals surface area (Å²) >= 11 is 5.51. The van der Waals surface area contributed by atoms with Gasteiger partial charge in [0.1, 0.15) is 5.75 Å². The van der Waals surface area contributed by atoms with E-state index in [0.29, 0.717) is 0 Å². The smallest absolute Gasteiger partial charge is 0.369 e. The van der Waals surface area contributed by atoms with Crippen LogP contribution in [0.25, 0.3) is 0 Å². The molecule has 17 heavy (non-hydrogen) atoms. The van der Waals surface area contributed by atoms with E-state index >= 15 is 0 Å². The average Bonchev–Trinajstić information content (AvgIpc) is 2.27. The summed E-state index contributed by atoms with van der Waals surface area (Å²) in [7, 11) is 1.13. The molecule has 0 aliphatic rings. The summed E-state index contributed by atoms with van der Waals surface area (Å²) in [6.07, 6.45) is -4.08. The Labute approximate surface area is 99.1 Å². The zero-order valence-electron chi connectivity index (χ0n) is 8.52. The number of benzene rings is 1. The van der Waals surface area contributed by atoms with E-state index in [0.717, 1.165) is 19.2 Å². The molecule has 0 unspecified atom stereocenters. The Morgan fingerprint density at radius 1 is 1.41 bits per heavy atom. The fourth-order valence-corrected chi connectivity index (χ4v) is 1.31. The summed E-state index contributed by atoms with van der Waals surface area (Å²) in [5, 5.41) is -0.0285. The molecule has 0 saturated heterocycles. The van der Waals surface area contributed by atoms with Gasteiger partial charge in [-0.25, -0.2) is 8.78 Å². The monoisotopic (exact) mass is 270 g/mol. The summed E-state index contributed by atoms with van der Waals surface area (Å²) in [6, 6.07) is 3.30. The largest absolute Gasteiger partial charge is 0.496 e. The predicted octanol–water partition coefficient (Wildman–Crippen LogP) is 3.43. The normalized spacial score (nSPS) is 11.7. The molecule has 1 aromatic carbocycles. The van der Waals surface area contributed by atoms with Crippen LogP contribution in [0, 0.1) is 0 Å². The molecule has 0 atom stereocenters. The molecule has 0 fully saturated rings. The van der Waals surface area contributed by atoms with E-state index in [1.807, 2.05) is 0 Å². The highest BCUT2D eigenvalue weighted by Gasteiger charge is 2.49. The first-order valence-electron chi connectivity index (χ1n) is 4.35. The van der Waals surface area contributed by atoms with Gasteiger partial charge in [-0.3, -0.25) is 4.79 Å². The molecular formula is C10H7ClF4O2. The van der Waals surface area contributed by atoms with Crippen LogP contribution >= 0.6 is 11.6 Å². The molecule has 0 spiro atoms. The van der Waals surface area contributed by atoms with Crippen LogP contribution in [0.15, 0.2) is 18.2 Å². The van der Waals surface area contributed by atoms with E-state index in [-0.39, 0.29) is 10.8 Å². The molecule has 0 aromatic heterocycles. The lowest BCUT2D eigenvalue weighted by atomic mass is 10.0. The van der Waals surface area contributed by atoms with Gasteiger partial charge in [0.05, 0.1) is 12.7 Å². The van der Waals surface area contributed by atoms with Crippen molar-refractivity contribution in [2.75, 3.05) is 7.11 Å². The number of carbonyl (C=O) groups excluding carboxylic acids is 1. The number of rotatable bonds is 4. The first-order chi connectivity index (χ1) is 7.80. The summed E-state index contributed by atoms with van der Waals surface area (Å²) in [6.45, 7) is 0. The fourth-order valence-electron chi connectivity index (χ4n) is 1.14. The number of halogens is 5. The zero-order valence-corrected chi connectivity index (χ0v) is 9.27. The second kappa shape index (κ2) is 4.91. The molecule has 0 saturated carbocycles. The first-order valence-corrected chi connectivity index (χ1v) is 4.72. The molecule has 1 rings (SSSR count). The third kappa shape index (κ3) is 2.69. The number of hydrogen-bond acceptors (Lipinski definition) is 2. The van der Waals surface area contributed by atoms with Crippen molar-refractivity contribution in [1.82, 2.24) is 0 Å². The van der Waals surface area contributed by atoms with E-state index in [4.69, 9.17) is 11.6 Å². The molecule has 2 nitrogen and oxygen atoms in total. The predicted molar refractivity (Wildman–Crippen MR) is 53.3 cm³/mol. The lowest BCUT2D eigenvalue weighted by molar-refractivity contribution is -0.0959. The minimum atomic E-state index is -4.77. The van der Waals surface area contributed by atoms with Crippen LogP contribution in [0.3, 0.4) is 0 Å². The summed E-state index contributed by atoms with van der Waals surface area (Å²) < 4.78 is 54.5. The Hall–Kier alpha value is -1.30. The number of methoxy groups -OCH3 is 1. The molecule has 0 aliphatic heterocycles. The maximum absolute atomic E-state index is 12.9. The van der Waals surface area contributed by atoms with Crippen molar-refractivity contribution in [2.24, 2.45) is 0 Å². The van der Waals surface area contributed by atoms with Gasteiger partial charge in [-0.1, -0.05) is 11.6 Å². The van der Waals surface area contributed by atoms with Crippen LogP contribution in [0.5, 0.6) is 5.75 Å². The maximum Gasteiger partial charge on any atom is 0.369 e. The van der Waals surface area contributed by atoms with Crippen molar-refractivity contribution in [3.05, 3.63) is 28.8 Å². The molecule has 0 amide bonds. The minimum absolute atomic E-state index is 0.0285. The lowest BCUT2D eigenvalue weighted by Crippen LogP contribution is -2.36. The number of ketones is 1. The molecule has 94 valence electrons. The maximum atomic E-state index is 12.9. The molecular weight excluding hydrogens is 264 g/mol. The van der Waals surface area contributed by atoms with Gasteiger partial charge in [-0.2, -0.15) is 8.78 Å². The van der Waals surface area contributed by atoms with E-state index in [2.05, 4.69) is 4.74 Å². The Morgan fingerprint density at radius 3 is 2.47 bits per heavy atom. The molecule has 0 aliphatic carbocycles. The fraction of sp³-hybridized carbons (Fsp3) is 0.300. The van der Waals surface area contributed by atoms with Gasteiger partial charge in [0.2, 0.25) is 5.78 Å². The number of ether oxygens (including phenoxy) is 1. The number of Topliss-reactive ketones (excluding diaryl/α,β-unsaturated/α-hetero) is 1. The summed E-state index contributed by atoms with van der Waals surface area (Å²) in [5.74, 6) is -7.02. The van der Waals surface area contributed by atoms with Crippen LogP contribution in [0.2, 0.25) is 5.02 Å². The minimum Gasteiger partial charge on any atom is -0.496 e. The topological polar surface area (TPSA) is 26.3 Å². The third-order valence-corrected chi connectivity index (χ3v) is 2.22. The second-order valence-corrected chi connectivity index (χ2v) is 3.53. The van der Waals surface area contributed by atoms with E-state index in [1.54, 1.807) is 0 Å². The highest BCUT2D eigenvalue weighted by Crippen LogP contribution is 2.32. The van der Waals surface area contributed by atoms with Crippen molar-refractivity contribution in [3.8, 4) is 5.75 Å². The molecule has 0 radical (unpaired) electrons. The zero-order chi connectivity index (χ0) is 13.2. The van der Waals surface area contributed by atoms with Gasteiger partial charge >= 0.3 is 12.3 Å². The van der Waals surface area contributed by atoms with Gasteiger partial charge in [0.25, 0.3) is 0 Å². The average molecular weight is 271 g/mol. The van der Waals surface area contributed by atoms with Crippen molar-refractivity contribution in [3.63, 3.8) is 0 Å². The van der Waals surface area contributed by atoms with Crippen LogP contribution in [-0.2, 0) is 0 Å². The van der Waals surface area contributed by atoms with Gasteiger partial charge < -0.3 is 4.74 Å². The Morgan fingerprint density at radius 2 is 2.00 bits per heavy atom. The quantitative estimate of drug-likeness (QED) is 0.619. The van der Waals surface area contributed by atoms with Crippen LogP contribution in [0.4, 0.5) is 17.6 Å². The third-order valence-electron chi connectivity index (χ3n) is 1.98. The highest BCUT2D eigenvalue weighted by molar-refractivity contribution is 6.31. The second-order valence-electron chi connectivity index (χ2n) is 3.10. The SMILES string of the molecule is COc1ccc(Cl)cc1C(=O)C(F)(F)C(F)F. The molecule has 0 N–H and O–H groups in total. The van der Waals surface area contributed by atoms with Gasteiger partial charge in [-0.15, -0.1) is 0 Å². The van der Waals surface area contributed by atoms with Gasteiger partial charge in [0.15, 0.2) is 0 Å². The van der Waals surface area contributed by atoms with Crippen LogP contribution in [-0.4, -0.2) is 25.2 Å². The number of alkyl halides is 4. The highest BCUT2D eigenvalue weighted by atomic mass is 35.5. The van der Waals surface area contributed by atoms with Gasteiger partial charge in [-0.05, 0) is 18.2 Å². The van der Waals surface area contributed by atoms with Gasteiger partial charge in [0, 0.05) is 5.02 Å². The van der Waals surface area contributed by atoms with E-state index in [1.165, 1.54) is 6.07 Å². The summed E-state index contributed by atoms with van der Waals surface area (Å²) in [5.41, 5.74) is -0.676. The number of carbonyl (C=O) groups is 1. The van der Waals surface area contributed by atoms with Crippen LogP contribution in [0.1, 0.15) is 10.4 Å². The lowest BCUT2D eigenvalue weighted by Gasteiger charge is -2.15. The van der Waals surface area contributed by atoms with Crippen LogP contribution < -0.4 is 4.74 Å². The number of hydrogen-bond donors (Lipinski definition) is 0. The standard InChI is InChI=1S/C10H7ClF4O2/c1-17-7-3-2-5(11)4-6(7)8(16)10(14,15)9(12)13/h2-4,9H,1H3.